The number of thiazole rings is 1. The van der Waals surface area contributed by atoms with Gasteiger partial charge in [0, 0.05) is 16.6 Å². The van der Waals surface area contributed by atoms with E-state index in [4.69, 9.17) is 4.74 Å². The molecule has 1 aromatic heterocycles. The fourth-order valence-corrected chi connectivity index (χ4v) is 2.79. The Morgan fingerprint density at radius 2 is 2.22 bits per heavy atom. The topological polar surface area (TPSA) is 34.2 Å². The Bertz CT molecular complexity index is 542. The third-order valence-corrected chi connectivity index (χ3v) is 3.71. The highest BCUT2D eigenvalue weighted by Crippen LogP contribution is 2.31. The van der Waals surface area contributed by atoms with E-state index in [1.54, 1.807) is 42.8 Å². The average Bonchev–Trinajstić information content (AvgIpc) is 2.79. The van der Waals surface area contributed by atoms with Crippen LogP contribution in [0.1, 0.15) is 21.5 Å². The smallest absolute Gasteiger partial charge is 0.170 e. The molecule has 0 amide bonds. The number of nitrogens with one attached hydrogen (secondary N) is 1. The minimum atomic E-state index is -0.328. The van der Waals surface area contributed by atoms with E-state index in [1.807, 2.05) is 6.92 Å². The molecule has 1 unspecified atom stereocenters. The van der Waals surface area contributed by atoms with E-state index in [1.165, 1.54) is 7.11 Å². The Hall–Kier alpha value is -1.46. The van der Waals surface area contributed by atoms with Crippen LogP contribution in [0.5, 0.6) is 5.75 Å². The summed E-state index contributed by atoms with van der Waals surface area (Å²) in [6, 6.07) is 4.96. The van der Waals surface area contributed by atoms with E-state index >= 15 is 0 Å². The third kappa shape index (κ3) is 2.37. The minimum absolute atomic E-state index is 0.203. The maximum absolute atomic E-state index is 14.2. The van der Waals surface area contributed by atoms with Crippen LogP contribution in [0.3, 0.4) is 0 Å². The number of aryl methyl sites for hydroxylation is 1. The van der Waals surface area contributed by atoms with E-state index in [-0.39, 0.29) is 17.6 Å². The lowest BCUT2D eigenvalue weighted by atomic mass is 10.0. The van der Waals surface area contributed by atoms with Crippen molar-refractivity contribution in [1.29, 1.82) is 0 Å². The molecule has 5 heteroatoms. The number of hydrogen-bond donors (Lipinski definition) is 1. The highest BCUT2D eigenvalue weighted by molar-refractivity contribution is 7.11. The summed E-state index contributed by atoms with van der Waals surface area (Å²) in [5.74, 6) is -0.0700. The summed E-state index contributed by atoms with van der Waals surface area (Å²) in [4.78, 5) is 5.20. The van der Waals surface area contributed by atoms with Crippen molar-refractivity contribution in [2.45, 2.75) is 13.0 Å². The van der Waals surface area contributed by atoms with Gasteiger partial charge in [0.05, 0.1) is 18.2 Å². The van der Waals surface area contributed by atoms with E-state index in [0.29, 0.717) is 5.56 Å². The predicted molar refractivity (Wildman–Crippen MR) is 70.7 cm³/mol. The molecule has 0 saturated heterocycles. The van der Waals surface area contributed by atoms with Crippen LogP contribution >= 0.6 is 11.3 Å². The molecule has 2 rings (SSSR count). The molecule has 0 saturated carbocycles. The van der Waals surface area contributed by atoms with Crippen LogP contribution in [-0.2, 0) is 0 Å². The van der Waals surface area contributed by atoms with Crippen LogP contribution in [0.15, 0.2) is 24.4 Å². The van der Waals surface area contributed by atoms with Gasteiger partial charge in [-0.15, -0.1) is 11.3 Å². The third-order valence-electron chi connectivity index (χ3n) is 2.74. The first kappa shape index (κ1) is 13.0. The van der Waals surface area contributed by atoms with Crippen molar-refractivity contribution >= 4 is 11.3 Å². The first-order valence-corrected chi connectivity index (χ1v) is 6.41. The summed E-state index contributed by atoms with van der Waals surface area (Å²) in [6.07, 6.45) is 1.78. The zero-order valence-electron chi connectivity index (χ0n) is 10.5. The molecule has 96 valence electrons. The lowest BCUT2D eigenvalue weighted by Crippen LogP contribution is -2.18. The van der Waals surface area contributed by atoms with Gasteiger partial charge in [-0.2, -0.15) is 0 Å². The Morgan fingerprint density at radius 3 is 2.78 bits per heavy atom. The van der Waals surface area contributed by atoms with Crippen molar-refractivity contribution in [2.75, 3.05) is 14.2 Å². The standard InChI is InChI=1S/C13H15FN2OS/c1-8-16-7-11(18-8)13(15-2)9-5-4-6-10(17-3)12(9)14/h4-7,13,15H,1-3H3. The second-order valence-corrected chi connectivity index (χ2v) is 5.13. The van der Waals surface area contributed by atoms with E-state index in [0.717, 1.165) is 9.88 Å². The van der Waals surface area contributed by atoms with Gasteiger partial charge in [0.25, 0.3) is 0 Å². The Balaban J connectivity index is 2.45. The zero-order valence-corrected chi connectivity index (χ0v) is 11.3. The van der Waals surface area contributed by atoms with Gasteiger partial charge >= 0.3 is 0 Å². The van der Waals surface area contributed by atoms with E-state index < -0.39 is 0 Å². The Kier molecular flexibility index (Phi) is 3.93. The molecule has 1 heterocycles. The number of halogens is 1. The van der Waals surface area contributed by atoms with Crippen LogP contribution in [0.2, 0.25) is 0 Å². The molecule has 0 bridgehead atoms. The molecule has 0 aliphatic carbocycles. The second kappa shape index (κ2) is 5.46. The highest BCUT2D eigenvalue weighted by atomic mass is 32.1. The molecular formula is C13H15FN2OS. The lowest BCUT2D eigenvalue weighted by Gasteiger charge is -2.16. The average molecular weight is 266 g/mol. The van der Waals surface area contributed by atoms with Gasteiger partial charge < -0.3 is 10.1 Å². The fourth-order valence-electron chi connectivity index (χ4n) is 1.87. The van der Waals surface area contributed by atoms with E-state index in [9.17, 15) is 4.39 Å². The summed E-state index contributed by atoms with van der Waals surface area (Å²) < 4.78 is 19.2. The van der Waals surface area contributed by atoms with Gasteiger partial charge in [-0.1, -0.05) is 12.1 Å². The largest absolute Gasteiger partial charge is 0.494 e. The van der Waals surface area contributed by atoms with Crippen molar-refractivity contribution < 1.29 is 9.13 Å². The number of hydrogen-bond acceptors (Lipinski definition) is 4. The molecule has 1 N–H and O–H groups in total. The molecule has 3 nitrogen and oxygen atoms in total. The summed E-state index contributed by atoms with van der Waals surface area (Å²) in [5, 5.41) is 4.08. The van der Waals surface area contributed by atoms with Gasteiger partial charge in [0.2, 0.25) is 0 Å². The molecule has 18 heavy (non-hydrogen) atoms. The van der Waals surface area contributed by atoms with Gasteiger partial charge in [-0.3, -0.25) is 0 Å². The number of nitrogens with zero attached hydrogens (tertiary/aromatic N) is 1. The fraction of sp³-hybridized carbons (Fsp3) is 0.308. The highest BCUT2D eigenvalue weighted by Gasteiger charge is 2.20. The number of methoxy groups -OCH3 is 1. The summed E-state index contributed by atoms with van der Waals surface area (Å²) in [5.41, 5.74) is 0.570. The minimum Gasteiger partial charge on any atom is -0.494 e. The van der Waals surface area contributed by atoms with Crippen molar-refractivity contribution in [1.82, 2.24) is 10.3 Å². The number of aromatic nitrogens is 1. The quantitative estimate of drug-likeness (QED) is 0.924. The van der Waals surface area contributed by atoms with Crippen molar-refractivity contribution in [3.63, 3.8) is 0 Å². The molecule has 1 aromatic carbocycles. The molecule has 1 atom stereocenters. The lowest BCUT2D eigenvalue weighted by molar-refractivity contribution is 0.382. The van der Waals surface area contributed by atoms with Crippen molar-refractivity contribution in [3.8, 4) is 5.75 Å². The monoisotopic (exact) mass is 266 g/mol. The molecular weight excluding hydrogens is 251 g/mol. The molecule has 2 aromatic rings. The van der Waals surface area contributed by atoms with Gasteiger partial charge in [-0.05, 0) is 20.0 Å². The molecule has 0 fully saturated rings. The number of ether oxygens (including phenoxy) is 1. The zero-order chi connectivity index (χ0) is 13.1. The molecule has 0 spiro atoms. The van der Waals surface area contributed by atoms with E-state index in [2.05, 4.69) is 10.3 Å². The number of benzene rings is 1. The first-order valence-electron chi connectivity index (χ1n) is 5.59. The summed E-state index contributed by atoms with van der Waals surface area (Å²) in [7, 11) is 3.27. The molecule has 0 aliphatic heterocycles. The first-order chi connectivity index (χ1) is 8.67. The summed E-state index contributed by atoms with van der Waals surface area (Å²) >= 11 is 1.56. The van der Waals surface area contributed by atoms with Gasteiger partial charge in [-0.25, -0.2) is 9.37 Å². The number of rotatable bonds is 4. The Labute approximate surface area is 110 Å². The van der Waals surface area contributed by atoms with Crippen molar-refractivity contribution in [3.05, 3.63) is 45.7 Å². The Morgan fingerprint density at radius 1 is 1.44 bits per heavy atom. The van der Waals surface area contributed by atoms with Gasteiger partial charge in [0.15, 0.2) is 11.6 Å². The molecule has 0 aliphatic rings. The maximum Gasteiger partial charge on any atom is 0.170 e. The van der Waals surface area contributed by atoms with Crippen molar-refractivity contribution in [2.24, 2.45) is 0 Å². The summed E-state index contributed by atoms with van der Waals surface area (Å²) in [6.45, 7) is 1.93. The van der Waals surface area contributed by atoms with Crippen LogP contribution in [0.25, 0.3) is 0 Å². The molecule has 0 radical (unpaired) electrons. The van der Waals surface area contributed by atoms with Crippen LogP contribution < -0.4 is 10.1 Å². The van der Waals surface area contributed by atoms with Gasteiger partial charge in [0.1, 0.15) is 0 Å². The second-order valence-electron chi connectivity index (χ2n) is 3.87. The van der Waals surface area contributed by atoms with Crippen LogP contribution in [0.4, 0.5) is 4.39 Å². The normalized spacial score (nSPS) is 12.4. The van der Waals surface area contributed by atoms with Crippen LogP contribution in [-0.4, -0.2) is 19.1 Å². The maximum atomic E-state index is 14.2. The van der Waals surface area contributed by atoms with Crippen LogP contribution in [0, 0.1) is 12.7 Å². The SMILES string of the molecule is CNC(c1cnc(C)s1)c1cccc(OC)c1F. The predicted octanol–water partition coefficient (Wildman–Crippen LogP) is 2.91.